The summed E-state index contributed by atoms with van der Waals surface area (Å²) in [5, 5.41) is 5.85. The molecular weight excluding hydrogens is 282 g/mol. The fraction of sp³-hybridized carbons (Fsp3) is 0.250. The number of hydrogen-bond acceptors (Lipinski definition) is 5. The van der Waals surface area contributed by atoms with Crippen molar-refractivity contribution in [3.8, 4) is 0 Å². The maximum atomic E-state index is 5.98. The first-order valence-electron chi connectivity index (χ1n) is 4.02. The van der Waals surface area contributed by atoms with E-state index in [-0.39, 0.29) is 6.04 Å². The molecule has 0 bridgehead atoms. The van der Waals surface area contributed by atoms with Crippen LogP contribution in [0.4, 0.5) is 0 Å². The highest BCUT2D eigenvalue weighted by Gasteiger charge is 2.10. The Balaban J connectivity index is 2.05. The van der Waals surface area contributed by atoms with Gasteiger partial charge < -0.3 is 5.73 Å². The van der Waals surface area contributed by atoms with Crippen molar-refractivity contribution in [3.05, 3.63) is 31.9 Å². The van der Waals surface area contributed by atoms with Crippen molar-refractivity contribution < 1.29 is 0 Å². The Hall–Kier alpha value is -0.300. The van der Waals surface area contributed by atoms with Gasteiger partial charge in [-0.15, -0.1) is 16.4 Å². The van der Waals surface area contributed by atoms with Crippen molar-refractivity contribution in [2.75, 3.05) is 0 Å². The van der Waals surface area contributed by atoms with Crippen molar-refractivity contribution >= 4 is 38.8 Å². The fourth-order valence-electron chi connectivity index (χ4n) is 1.12. The molecule has 0 aliphatic heterocycles. The van der Waals surface area contributed by atoms with Crippen LogP contribution < -0.4 is 5.73 Å². The van der Waals surface area contributed by atoms with E-state index in [2.05, 4.69) is 31.6 Å². The van der Waals surface area contributed by atoms with Gasteiger partial charge in [-0.25, -0.2) is 0 Å². The molecule has 74 valence electrons. The quantitative estimate of drug-likeness (QED) is 0.945. The first kappa shape index (κ1) is 10.2. The van der Waals surface area contributed by atoms with E-state index < -0.39 is 0 Å². The van der Waals surface area contributed by atoms with Gasteiger partial charge in [0.1, 0.15) is 0 Å². The van der Waals surface area contributed by atoms with Gasteiger partial charge in [-0.05, 0) is 39.6 Å². The van der Waals surface area contributed by atoms with Crippen LogP contribution in [0.15, 0.2) is 21.3 Å². The first-order chi connectivity index (χ1) is 6.75. The minimum Gasteiger partial charge on any atom is -0.322 e. The predicted molar refractivity (Wildman–Crippen MR) is 62.6 cm³/mol. The molecule has 2 heterocycles. The molecule has 0 amide bonds. The molecule has 6 heteroatoms. The monoisotopic (exact) mass is 289 g/mol. The van der Waals surface area contributed by atoms with Crippen molar-refractivity contribution in [2.45, 2.75) is 12.5 Å². The molecule has 1 atom stereocenters. The van der Waals surface area contributed by atoms with Crippen LogP contribution in [-0.2, 0) is 6.42 Å². The molecule has 0 aliphatic rings. The highest BCUT2D eigenvalue weighted by atomic mass is 79.9. The number of nitrogens with two attached hydrogens (primary N) is 1. The van der Waals surface area contributed by atoms with Gasteiger partial charge in [0.05, 0.1) is 15.5 Å². The average Bonchev–Trinajstić information content (AvgIpc) is 2.75. The van der Waals surface area contributed by atoms with Gasteiger partial charge in [-0.3, -0.25) is 0 Å². The molecule has 2 N–H and O–H groups in total. The number of rotatable bonds is 3. The third kappa shape index (κ3) is 2.38. The normalized spacial score (nSPS) is 13.0. The molecule has 0 aliphatic carbocycles. The molecule has 0 saturated carbocycles. The number of hydrogen-bond donors (Lipinski definition) is 1. The maximum absolute atomic E-state index is 5.98. The molecule has 3 nitrogen and oxygen atoms in total. The smallest absolute Gasteiger partial charge is 0.0926 e. The molecular formula is C8H8BrN3S2. The van der Waals surface area contributed by atoms with Crippen LogP contribution in [0.3, 0.4) is 0 Å². The topological polar surface area (TPSA) is 51.8 Å². The second kappa shape index (κ2) is 4.48. The molecule has 0 aromatic carbocycles. The van der Waals surface area contributed by atoms with Crippen LogP contribution >= 0.6 is 38.8 Å². The lowest BCUT2D eigenvalue weighted by molar-refractivity contribution is 0.699. The van der Waals surface area contributed by atoms with E-state index in [1.54, 1.807) is 11.3 Å². The third-order valence-electron chi connectivity index (χ3n) is 1.81. The Morgan fingerprint density at radius 1 is 1.50 bits per heavy atom. The van der Waals surface area contributed by atoms with Gasteiger partial charge in [0.2, 0.25) is 0 Å². The van der Waals surface area contributed by atoms with Gasteiger partial charge in [-0.1, -0.05) is 4.49 Å². The zero-order valence-electron chi connectivity index (χ0n) is 7.18. The van der Waals surface area contributed by atoms with E-state index in [9.17, 15) is 0 Å². The van der Waals surface area contributed by atoms with E-state index in [0.717, 1.165) is 15.9 Å². The van der Waals surface area contributed by atoms with E-state index in [1.165, 1.54) is 16.4 Å². The van der Waals surface area contributed by atoms with Crippen LogP contribution in [-0.4, -0.2) is 9.59 Å². The summed E-state index contributed by atoms with van der Waals surface area (Å²) in [4.78, 5) is 1.26. The highest BCUT2D eigenvalue weighted by Crippen LogP contribution is 2.25. The van der Waals surface area contributed by atoms with Crippen molar-refractivity contribution in [2.24, 2.45) is 5.73 Å². The molecule has 2 rings (SSSR count). The van der Waals surface area contributed by atoms with Crippen LogP contribution in [0.5, 0.6) is 0 Å². The molecule has 0 spiro atoms. The second-order valence-corrected chi connectivity index (χ2v) is 6.00. The lowest BCUT2D eigenvalue weighted by atomic mass is 10.1. The summed E-state index contributed by atoms with van der Waals surface area (Å²) < 4.78 is 4.93. The summed E-state index contributed by atoms with van der Waals surface area (Å²) in [7, 11) is 0. The maximum Gasteiger partial charge on any atom is 0.0926 e. The highest BCUT2D eigenvalue weighted by molar-refractivity contribution is 9.11. The summed E-state index contributed by atoms with van der Waals surface area (Å²) in [6, 6.07) is 4.07. The lowest BCUT2D eigenvalue weighted by Crippen LogP contribution is -2.13. The molecule has 0 saturated heterocycles. The second-order valence-electron chi connectivity index (χ2n) is 2.85. The van der Waals surface area contributed by atoms with Gasteiger partial charge >= 0.3 is 0 Å². The number of thiophene rings is 1. The fourth-order valence-corrected chi connectivity index (χ4v) is 3.18. The van der Waals surface area contributed by atoms with Crippen molar-refractivity contribution in [3.63, 3.8) is 0 Å². The SMILES string of the molecule is NC(Cc1ccc(Br)s1)c1csnn1. The number of nitrogens with zero attached hydrogens (tertiary/aromatic N) is 2. The lowest BCUT2D eigenvalue weighted by Gasteiger charge is -2.04. The Kier molecular flexibility index (Phi) is 3.27. The van der Waals surface area contributed by atoms with Crippen molar-refractivity contribution in [1.29, 1.82) is 0 Å². The summed E-state index contributed by atoms with van der Waals surface area (Å²) >= 11 is 6.46. The summed E-state index contributed by atoms with van der Waals surface area (Å²) in [5.41, 5.74) is 6.85. The standard InChI is InChI=1S/C8H8BrN3S2/c9-8-2-1-5(14-8)3-6(10)7-4-13-12-11-7/h1-2,4,6H,3,10H2. The van der Waals surface area contributed by atoms with Gasteiger partial charge in [0.15, 0.2) is 0 Å². The Morgan fingerprint density at radius 3 is 2.93 bits per heavy atom. The molecule has 0 fully saturated rings. The zero-order valence-corrected chi connectivity index (χ0v) is 10.4. The average molecular weight is 290 g/mol. The largest absolute Gasteiger partial charge is 0.322 e. The molecule has 14 heavy (non-hydrogen) atoms. The summed E-state index contributed by atoms with van der Waals surface area (Å²) in [6.45, 7) is 0. The minimum atomic E-state index is -0.0423. The minimum absolute atomic E-state index is 0.0423. The zero-order chi connectivity index (χ0) is 9.97. The Morgan fingerprint density at radius 2 is 2.36 bits per heavy atom. The number of aromatic nitrogens is 2. The van der Waals surface area contributed by atoms with Gasteiger partial charge in [-0.2, -0.15) is 0 Å². The molecule has 2 aromatic heterocycles. The predicted octanol–water partition coefficient (Wildman–Crippen LogP) is 2.60. The van der Waals surface area contributed by atoms with Crippen LogP contribution in [0.1, 0.15) is 16.6 Å². The van der Waals surface area contributed by atoms with E-state index in [0.29, 0.717) is 0 Å². The number of halogens is 1. The van der Waals surface area contributed by atoms with E-state index in [4.69, 9.17) is 5.73 Å². The van der Waals surface area contributed by atoms with Crippen LogP contribution in [0.2, 0.25) is 0 Å². The van der Waals surface area contributed by atoms with Crippen LogP contribution in [0.25, 0.3) is 0 Å². The third-order valence-corrected chi connectivity index (χ3v) is 3.98. The van der Waals surface area contributed by atoms with Crippen molar-refractivity contribution in [1.82, 2.24) is 9.59 Å². The van der Waals surface area contributed by atoms with Gasteiger partial charge in [0, 0.05) is 16.7 Å². The van der Waals surface area contributed by atoms with Crippen LogP contribution in [0, 0.1) is 0 Å². The summed E-state index contributed by atoms with van der Waals surface area (Å²) in [6.07, 6.45) is 0.821. The van der Waals surface area contributed by atoms with E-state index in [1.807, 2.05) is 11.4 Å². The molecule has 0 radical (unpaired) electrons. The summed E-state index contributed by atoms with van der Waals surface area (Å²) in [5.74, 6) is 0. The van der Waals surface area contributed by atoms with E-state index >= 15 is 0 Å². The Bertz CT molecular complexity index is 398. The Labute approximate surface area is 98.3 Å². The first-order valence-corrected chi connectivity index (χ1v) is 6.47. The molecule has 2 aromatic rings. The molecule has 1 unspecified atom stereocenters. The van der Waals surface area contributed by atoms with Gasteiger partial charge in [0.25, 0.3) is 0 Å².